The summed E-state index contributed by atoms with van der Waals surface area (Å²) >= 11 is 6.70. The lowest BCUT2D eigenvalue weighted by Crippen LogP contribution is -2.17. The Morgan fingerprint density at radius 2 is 2.00 bits per heavy atom. The van der Waals surface area contributed by atoms with Gasteiger partial charge in [-0.25, -0.2) is 0 Å². The molecule has 19 heavy (non-hydrogen) atoms. The molecular weight excluding hydrogens is 372 g/mol. The first-order valence-corrected chi connectivity index (χ1v) is 7.36. The molecule has 0 radical (unpaired) electrons. The van der Waals surface area contributed by atoms with Gasteiger partial charge in [0.25, 0.3) is 0 Å². The molecule has 1 N–H and O–H groups in total. The highest BCUT2D eigenvalue weighted by atomic mass is 79.9. The van der Waals surface area contributed by atoms with E-state index in [2.05, 4.69) is 50.2 Å². The van der Waals surface area contributed by atoms with Crippen LogP contribution in [0.25, 0.3) is 0 Å². The molecule has 3 nitrogen and oxygen atoms in total. The smallest absolute Gasteiger partial charge is 0.183 e. The Morgan fingerprint density at radius 3 is 2.53 bits per heavy atom. The Morgan fingerprint density at radius 1 is 1.32 bits per heavy atom. The number of halogens is 2. The molecule has 2 aromatic rings. The number of hydrogen-bond donors (Lipinski definition) is 1. The lowest BCUT2D eigenvalue weighted by molar-refractivity contribution is 0.446. The van der Waals surface area contributed by atoms with Gasteiger partial charge < -0.3 is 9.73 Å². The average molecular weight is 384 g/mol. The van der Waals surface area contributed by atoms with Crippen LogP contribution in [0.4, 0.5) is 0 Å². The molecule has 0 saturated carbocycles. The van der Waals surface area contributed by atoms with E-state index in [9.17, 15) is 0 Å². The molecule has 1 aromatic heterocycles. The fourth-order valence-corrected chi connectivity index (χ4v) is 2.36. The van der Waals surface area contributed by atoms with E-state index in [-0.39, 0.29) is 6.04 Å². The minimum absolute atomic E-state index is 0.190. The Bertz CT molecular complexity index is 579. The maximum Gasteiger partial charge on any atom is 0.183 e. The zero-order chi connectivity index (χ0) is 13.8. The van der Waals surface area contributed by atoms with E-state index in [1.54, 1.807) is 0 Å². The van der Waals surface area contributed by atoms with Crippen LogP contribution in [-0.4, -0.2) is 0 Å². The monoisotopic (exact) mass is 382 g/mol. The van der Waals surface area contributed by atoms with Crippen molar-refractivity contribution in [1.82, 2.24) is 5.32 Å². The van der Waals surface area contributed by atoms with Crippen LogP contribution in [0.1, 0.15) is 29.9 Å². The van der Waals surface area contributed by atoms with Gasteiger partial charge in [-0.15, -0.1) is 0 Å². The quantitative estimate of drug-likeness (QED) is 0.843. The summed E-state index contributed by atoms with van der Waals surface area (Å²) in [4.78, 5) is 0. The molecule has 0 bridgehead atoms. The molecule has 0 aliphatic carbocycles. The van der Waals surface area contributed by atoms with Gasteiger partial charge in [-0.1, -0.05) is 12.1 Å². The SMILES string of the molecule is CC(NCc1cc(Br)c(Br)o1)c1ccc(C#N)cc1. The van der Waals surface area contributed by atoms with Crippen LogP contribution in [0.5, 0.6) is 0 Å². The van der Waals surface area contributed by atoms with E-state index in [0.29, 0.717) is 16.8 Å². The van der Waals surface area contributed by atoms with E-state index in [4.69, 9.17) is 9.68 Å². The highest BCUT2D eigenvalue weighted by molar-refractivity contribution is 9.13. The van der Waals surface area contributed by atoms with Crippen molar-refractivity contribution >= 4 is 31.9 Å². The molecule has 98 valence electrons. The molecule has 0 spiro atoms. The predicted molar refractivity (Wildman–Crippen MR) is 80.5 cm³/mol. The van der Waals surface area contributed by atoms with Crippen molar-refractivity contribution in [3.63, 3.8) is 0 Å². The minimum Gasteiger partial charge on any atom is -0.452 e. The molecule has 2 rings (SSSR count). The van der Waals surface area contributed by atoms with Gasteiger partial charge in [0.05, 0.1) is 22.7 Å². The first kappa shape index (κ1) is 14.3. The van der Waals surface area contributed by atoms with Gasteiger partial charge in [-0.2, -0.15) is 5.26 Å². The maximum atomic E-state index is 8.76. The number of furan rings is 1. The third-order valence-electron chi connectivity index (χ3n) is 2.82. The molecule has 5 heteroatoms. The fraction of sp³-hybridized carbons (Fsp3) is 0.214. The summed E-state index contributed by atoms with van der Waals surface area (Å²) in [7, 11) is 0. The van der Waals surface area contributed by atoms with Crippen molar-refractivity contribution < 1.29 is 4.42 Å². The van der Waals surface area contributed by atoms with Crippen LogP contribution >= 0.6 is 31.9 Å². The number of rotatable bonds is 4. The van der Waals surface area contributed by atoms with Gasteiger partial charge >= 0.3 is 0 Å². The van der Waals surface area contributed by atoms with Crippen LogP contribution in [0.15, 0.2) is 43.9 Å². The Kier molecular flexibility index (Phi) is 4.81. The van der Waals surface area contributed by atoms with Gasteiger partial charge in [0.1, 0.15) is 5.76 Å². The van der Waals surface area contributed by atoms with Gasteiger partial charge in [0.15, 0.2) is 4.67 Å². The molecule has 0 aliphatic rings. The number of nitrogens with zero attached hydrogens (tertiary/aromatic N) is 1. The molecule has 1 aromatic carbocycles. The third-order valence-corrected chi connectivity index (χ3v) is 4.53. The molecule has 1 heterocycles. The largest absolute Gasteiger partial charge is 0.452 e. The van der Waals surface area contributed by atoms with Crippen LogP contribution in [-0.2, 0) is 6.54 Å². The Labute approximate surface area is 128 Å². The lowest BCUT2D eigenvalue weighted by Gasteiger charge is -2.13. The zero-order valence-electron chi connectivity index (χ0n) is 10.3. The van der Waals surface area contributed by atoms with E-state index in [1.165, 1.54) is 0 Å². The Hall–Kier alpha value is -1.09. The lowest BCUT2D eigenvalue weighted by atomic mass is 10.1. The van der Waals surface area contributed by atoms with Gasteiger partial charge in [0, 0.05) is 6.04 Å². The van der Waals surface area contributed by atoms with Crippen LogP contribution < -0.4 is 5.32 Å². The molecule has 1 atom stereocenters. The summed E-state index contributed by atoms with van der Waals surface area (Å²) in [5.74, 6) is 0.860. The molecule has 0 fully saturated rings. The molecule has 0 amide bonds. The maximum absolute atomic E-state index is 8.76. The number of benzene rings is 1. The average Bonchev–Trinajstić information content (AvgIpc) is 2.75. The van der Waals surface area contributed by atoms with E-state index in [0.717, 1.165) is 15.8 Å². The van der Waals surface area contributed by atoms with Crippen molar-refractivity contribution in [2.45, 2.75) is 19.5 Å². The highest BCUT2D eigenvalue weighted by Gasteiger charge is 2.09. The summed E-state index contributed by atoms with van der Waals surface area (Å²) < 4.78 is 7.12. The van der Waals surface area contributed by atoms with Crippen molar-refractivity contribution in [2.75, 3.05) is 0 Å². The van der Waals surface area contributed by atoms with Crippen LogP contribution in [0.3, 0.4) is 0 Å². The Balaban J connectivity index is 1.97. The fourth-order valence-electron chi connectivity index (χ4n) is 1.70. The number of hydrogen-bond acceptors (Lipinski definition) is 3. The standard InChI is InChI=1S/C14H12Br2N2O/c1-9(11-4-2-10(7-17)3-5-11)18-8-12-6-13(15)14(16)19-12/h2-6,9,18H,8H2,1H3. The second-order valence-corrected chi connectivity index (χ2v) is 5.75. The van der Waals surface area contributed by atoms with Crippen molar-refractivity contribution in [3.05, 3.63) is 56.4 Å². The molecule has 1 unspecified atom stereocenters. The summed E-state index contributed by atoms with van der Waals surface area (Å²) in [5, 5.41) is 12.1. The normalized spacial score (nSPS) is 12.1. The highest BCUT2D eigenvalue weighted by Crippen LogP contribution is 2.27. The molecule has 0 saturated heterocycles. The zero-order valence-corrected chi connectivity index (χ0v) is 13.5. The summed E-state index contributed by atoms with van der Waals surface area (Å²) in [6.07, 6.45) is 0. The van der Waals surface area contributed by atoms with Gasteiger partial charge in [-0.05, 0) is 62.5 Å². The number of nitriles is 1. The predicted octanol–water partition coefficient (Wildman–Crippen LogP) is 4.53. The first-order valence-electron chi connectivity index (χ1n) is 5.77. The van der Waals surface area contributed by atoms with Crippen molar-refractivity contribution in [1.29, 1.82) is 5.26 Å². The van der Waals surface area contributed by atoms with Crippen LogP contribution in [0, 0.1) is 11.3 Å². The minimum atomic E-state index is 0.190. The van der Waals surface area contributed by atoms with Crippen molar-refractivity contribution in [3.8, 4) is 6.07 Å². The van der Waals surface area contributed by atoms with E-state index in [1.807, 2.05) is 30.3 Å². The van der Waals surface area contributed by atoms with Crippen LogP contribution in [0.2, 0.25) is 0 Å². The van der Waals surface area contributed by atoms with E-state index < -0.39 is 0 Å². The first-order chi connectivity index (χ1) is 9.10. The second-order valence-electron chi connectivity index (χ2n) is 4.17. The second kappa shape index (κ2) is 6.38. The van der Waals surface area contributed by atoms with Gasteiger partial charge in [0.2, 0.25) is 0 Å². The summed E-state index contributed by atoms with van der Waals surface area (Å²) in [5.41, 5.74) is 1.82. The summed E-state index contributed by atoms with van der Waals surface area (Å²) in [6.45, 7) is 2.72. The van der Waals surface area contributed by atoms with E-state index >= 15 is 0 Å². The summed E-state index contributed by atoms with van der Waals surface area (Å²) in [6, 6.07) is 11.8. The topological polar surface area (TPSA) is 49.0 Å². The third kappa shape index (κ3) is 3.69. The number of nitrogens with one attached hydrogen (secondary N) is 1. The molecule has 0 aliphatic heterocycles. The molecular formula is C14H12Br2N2O. The van der Waals surface area contributed by atoms with Gasteiger partial charge in [-0.3, -0.25) is 0 Å². The van der Waals surface area contributed by atoms with Crippen molar-refractivity contribution in [2.24, 2.45) is 0 Å².